The van der Waals surface area contributed by atoms with Crippen LogP contribution in [0.1, 0.15) is 20.3 Å². The van der Waals surface area contributed by atoms with Gasteiger partial charge in [0, 0.05) is 12.6 Å². The van der Waals surface area contributed by atoms with Crippen LogP contribution in [-0.2, 0) is 0 Å². The van der Waals surface area contributed by atoms with E-state index in [1.165, 1.54) is 6.07 Å². The molecule has 1 aromatic carbocycles. The predicted octanol–water partition coefficient (Wildman–Crippen LogP) is 4.19. The highest BCUT2D eigenvalue weighted by atomic mass is 79.9. The Bertz CT molecular complexity index is 342. The Hall–Kier alpha value is -0.640. The molecule has 0 bridgehead atoms. The lowest BCUT2D eigenvalue weighted by atomic mass is 10.1. The third-order valence-corrected chi connectivity index (χ3v) is 2.96. The van der Waals surface area contributed by atoms with Crippen molar-refractivity contribution in [3.05, 3.63) is 28.2 Å². The number of halogens is 3. The molecule has 1 rings (SSSR count). The maximum absolute atomic E-state index is 13.3. The van der Waals surface area contributed by atoms with Crippen molar-refractivity contribution in [3.63, 3.8) is 0 Å². The molecule has 0 fully saturated rings. The van der Waals surface area contributed by atoms with Gasteiger partial charge in [-0.15, -0.1) is 0 Å². The number of anilines is 1. The first-order valence-electron chi connectivity index (χ1n) is 4.93. The molecule has 0 saturated heterocycles. The number of hydrogen-bond acceptors (Lipinski definition) is 1. The standard InChI is InChI=1S/C11H14BrF2N/c1-3-7(2)6-15-11-4-8(12)9(13)5-10(11)14/h4-5,7,15H,3,6H2,1-2H3. The van der Waals surface area contributed by atoms with Gasteiger partial charge in [-0.1, -0.05) is 20.3 Å². The van der Waals surface area contributed by atoms with Gasteiger partial charge in [-0.2, -0.15) is 0 Å². The molecular formula is C11H14BrF2N. The van der Waals surface area contributed by atoms with Crippen molar-refractivity contribution < 1.29 is 8.78 Å². The van der Waals surface area contributed by atoms with Gasteiger partial charge in [0.1, 0.15) is 11.6 Å². The van der Waals surface area contributed by atoms with Crippen LogP contribution in [0.25, 0.3) is 0 Å². The minimum Gasteiger partial charge on any atom is -0.382 e. The van der Waals surface area contributed by atoms with Gasteiger partial charge in [-0.3, -0.25) is 0 Å². The van der Waals surface area contributed by atoms with Gasteiger partial charge in [0.15, 0.2) is 0 Å². The fourth-order valence-electron chi connectivity index (χ4n) is 1.09. The molecule has 4 heteroatoms. The van der Waals surface area contributed by atoms with Crippen LogP contribution in [0.4, 0.5) is 14.5 Å². The van der Waals surface area contributed by atoms with Crippen LogP contribution in [0.15, 0.2) is 16.6 Å². The van der Waals surface area contributed by atoms with Crippen molar-refractivity contribution in [1.29, 1.82) is 0 Å². The van der Waals surface area contributed by atoms with E-state index < -0.39 is 11.6 Å². The lowest BCUT2D eigenvalue weighted by molar-refractivity contribution is 0.571. The highest BCUT2D eigenvalue weighted by molar-refractivity contribution is 9.10. The predicted molar refractivity (Wildman–Crippen MR) is 62.0 cm³/mol. The highest BCUT2D eigenvalue weighted by Gasteiger charge is 2.08. The zero-order valence-electron chi connectivity index (χ0n) is 8.78. The third-order valence-electron chi connectivity index (χ3n) is 2.35. The Balaban J connectivity index is 2.73. The first kappa shape index (κ1) is 12.4. The summed E-state index contributed by atoms with van der Waals surface area (Å²) >= 11 is 3.02. The molecule has 0 aliphatic rings. The molecule has 0 radical (unpaired) electrons. The van der Waals surface area contributed by atoms with Crippen LogP contribution < -0.4 is 5.32 Å². The van der Waals surface area contributed by atoms with Crippen LogP contribution in [0.2, 0.25) is 0 Å². The molecule has 1 N–H and O–H groups in total. The molecule has 15 heavy (non-hydrogen) atoms. The molecule has 1 nitrogen and oxygen atoms in total. The molecule has 0 spiro atoms. The summed E-state index contributed by atoms with van der Waals surface area (Å²) in [5.74, 6) is -0.672. The van der Waals surface area contributed by atoms with Gasteiger partial charge in [0.05, 0.1) is 10.2 Å². The highest BCUT2D eigenvalue weighted by Crippen LogP contribution is 2.23. The molecule has 0 aliphatic heterocycles. The largest absolute Gasteiger partial charge is 0.382 e. The number of nitrogens with one attached hydrogen (secondary N) is 1. The van der Waals surface area contributed by atoms with Crippen molar-refractivity contribution in [2.45, 2.75) is 20.3 Å². The van der Waals surface area contributed by atoms with Crippen LogP contribution in [0.3, 0.4) is 0 Å². The summed E-state index contributed by atoms with van der Waals surface area (Å²) in [7, 11) is 0. The Labute approximate surface area is 97.0 Å². The number of rotatable bonds is 4. The first-order chi connectivity index (χ1) is 7.04. The second-order valence-corrected chi connectivity index (χ2v) is 4.49. The minimum atomic E-state index is -0.582. The van der Waals surface area contributed by atoms with Gasteiger partial charge in [-0.25, -0.2) is 8.78 Å². The van der Waals surface area contributed by atoms with Gasteiger partial charge < -0.3 is 5.32 Å². The van der Waals surface area contributed by atoms with Crippen molar-refractivity contribution in [2.24, 2.45) is 5.92 Å². The summed E-state index contributed by atoms with van der Waals surface area (Å²) in [4.78, 5) is 0. The van der Waals surface area contributed by atoms with Crippen molar-refractivity contribution in [3.8, 4) is 0 Å². The second kappa shape index (κ2) is 5.45. The van der Waals surface area contributed by atoms with Crippen molar-refractivity contribution in [2.75, 3.05) is 11.9 Å². The first-order valence-corrected chi connectivity index (χ1v) is 5.72. The van der Waals surface area contributed by atoms with Crippen LogP contribution in [0.5, 0.6) is 0 Å². The van der Waals surface area contributed by atoms with E-state index >= 15 is 0 Å². The van der Waals surface area contributed by atoms with E-state index in [1.807, 2.05) is 0 Å². The maximum atomic E-state index is 13.3. The molecule has 84 valence electrons. The topological polar surface area (TPSA) is 12.0 Å². The number of benzene rings is 1. The van der Waals surface area contributed by atoms with E-state index in [2.05, 4.69) is 35.1 Å². The summed E-state index contributed by atoms with van der Waals surface area (Å²) in [5.41, 5.74) is 0.337. The lowest BCUT2D eigenvalue weighted by Gasteiger charge is -2.12. The van der Waals surface area contributed by atoms with E-state index in [-0.39, 0.29) is 4.47 Å². The monoisotopic (exact) mass is 277 g/mol. The van der Waals surface area contributed by atoms with E-state index in [9.17, 15) is 8.78 Å². The Morgan fingerprint density at radius 2 is 2.00 bits per heavy atom. The quantitative estimate of drug-likeness (QED) is 0.814. The van der Waals surface area contributed by atoms with E-state index in [4.69, 9.17) is 0 Å². The van der Waals surface area contributed by atoms with Gasteiger partial charge in [0.2, 0.25) is 0 Å². The van der Waals surface area contributed by atoms with Crippen molar-refractivity contribution in [1.82, 2.24) is 0 Å². The van der Waals surface area contributed by atoms with Gasteiger partial charge in [0.25, 0.3) is 0 Å². The molecule has 1 atom stereocenters. The number of hydrogen-bond donors (Lipinski definition) is 1. The normalized spacial score (nSPS) is 12.6. The lowest BCUT2D eigenvalue weighted by Crippen LogP contribution is -2.11. The zero-order chi connectivity index (χ0) is 11.4. The smallest absolute Gasteiger partial charge is 0.149 e. The van der Waals surface area contributed by atoms with Crippen LogP contribution >= 0.6 is 15.9 Å². The Morgan fingerprint density at radius 1 is 1.33 bits per heavy atom. The fourth-order valence-corrected chi connectivity index (χ4v) is 1.43. The Morgan fingerprint density at radius 3 is 2.60 bits per heavy atom. The van der Waals surface area contributed by atoms with Crippen LogP contribution in [0, 0.1) is 17.6 Å². The fraction of sp³-hybridized carbons (Fsp3) is 0.455. The Kier molecular flexibility index (Phi) is 4.51. The molecule has 0 aromatic heterocycles. The summed E-state index contributed by atoms with van der Waals surface area (Å²) in [6.07, 6.45) is 1.02. The molecule has 0 heterocycles. The van der Waals surface area contributed by atoms with E-state index in [1.54, 1.807) is 0 Å². The second-order valence-electron chi connectivity index (χ2n) is 3.64. The summed E-state index contributed by atoms with van der Waals surface area (Å²) < 4.78 is 26.4. The van der Waals surface area contributed by atoms with E-state index in [0.717, 1.165) is 12.5 Å². The third kappa shape index (κ3) is 3.45. The van der Waals surface area contributed by atoms with Crippen molar-refractivity contribution >= 4 is 21.6 Å². The summed E-state index contributed by atoms with van der Waals surface area (Å²) in [6.45, 7) is 4.83. The van der Waals surface area contributed by atoms with E-state index in [0.29, 0.717) is 18.2 Å². The maximum Gasteiger partial charge on any atom is 0.149 e. The molecule has 0 amide bonds. The zero-order valence-corrected chi connectivity index (χ0v) is 10.4. The van der Waals surface area contributed by atoms with Gasteiger partial charge >= 0.3 is 0 Å². The molecule has 1 aromatic rings. The molecule has 0 aliphatic carbocycles. The van der Waals surface area contributed by atoms with Crippen LogP contribution in [-0.4, -0.2) is 6.54 Å². The average molecular weight is 278 g/mol. The molecule has 1 unspecified atom stereocenters. The summed E-state index contributed by atoms with van der Waals surface area (Å²) in [6, 6.07) is 2.30. The molecule has 0 saturated carbocycles. The SMILES string of the molecule is CCC(C)CNc1cc(Br)c(F)cc1F. The van der Waals surface area contributed by atoms with Gasteiger partial charge in [-0.05, 0) is 27.9 Å². The minimum absolute atomic E-state index is 0.274. The molecular weight excluding hydrogens is 264 g/mol. The average Bonchev–Trinajstić information content (AvgIpc) is 2.21. The summed E-state index contributed by atoms with van der Waals surface area (Å²) in [5, 5.41) is 2.96.